The molecule has 0 atom stereocenters. The summed E-state index contributed by atoms with van der Waals surface area (Å²) < 4.78 is 5.50. The van der Waals surface area contributed by atoms with E-state index in [1.54, 1.807) is 0 Å². The number of ether oxygens (including phenoxy) is 1. The van der Waals surface area contributed by atoms with Crippen molar-refractivity contribution in [2.24, 2.45) is 5.92 Å². The van der Waals surface area contributed by atoms with Crippen molar-refractivity contribution >= 4 is 5.97 Å². The number of carbonyl (C=O) groups excluding carboxylic acids is 1. The monoisotopic (exact) mass is 214 g/mol. The van der Waals surface area contributed by atoms with Gasteiger partial charge in [0.25, 0.3) is 0 Å². The summed E-state index contributed by atoms with van der Waals surface area (Å²) in [5.41, 5.74) is -0.149. The van der Waals surface area contributed by atoms with Gasteiger partial charge in [0.15, 0.2) is 0 Å². The van der Waals surface area contributed by atoms with Crippen molar-refractivity contribution < 1.29 is 9.53 Å². The van der Waals surface area contributed by atoms with Crippen LogP contribution in [0.25, 0.3) is 0 Å². The van der Waals surface area contributed by atoms with Gasteiger partial charge in [-0.25, -0.2) is 0 Å². The van der Waals surface area contributed by atoms with Crippen molar-refractivity contribution in [1.29, 1.82) is 0 Å². The molecule has 0 bridgehead atoms. The fourth-order valence-electron chi connectivity index (χ4n) is 2.23. The van der Waals surface area contributed by atoms with Crippen molar-refractivity contribution in [1.82, 2.24) is 0 Å². The molecule has 0 aliphatic heterocycles. The largest absolute Gasteiger partial charge is 0.459 e. The van der Waals surface area contributed by atoms with Crippen LogP contribution in [0.2, 0.25) is 0 Å². The number of hydrogen-bond donors (Lipinski definition) is 0. The lowest BCUT2D eigenvalue weighted by Gasteiger charge is -2.39. The van der Waals surface area contributed by atoms with Crippen LogP contribution >= 0.6 is 0 Å². The number of hydrogen-bond acceptors (Lipinski definition) is 2. The van der Waals surface area contributed by atoms with Crippen molar-refractivity contribution in [2.45, 2.75) is 72.3 Å². The minimum atomic E-state index is -0.149. The van der Waals surface area contributed by atoms with Crippen molar-refractivity contribution in [3.63, 3.8) is 0 Å². The molecule has 1 aliphatic carbocycles. The summed E-state index contributed by atoms with van der Waals surface area (Å²) in [7, 11) is 0. The second-order valence-corrected chi connectivity index (χ2v) is 4.37. The van der Waals surface area contributed by atoms with Crippen LogP contribution in [0.3, 0.4) is 0 Å². The predicted molar refractivity (Wildman–Crippen MR) is 63.8 cm³/mol. The summed E-state index contributed by atoms with van der Waals surface area (Å²) in [4.78, 5) is 11.0. The van der Waals surface area contributed by atoms with Crippen LogP contribution in [-0.4, -0.2) is 11.6 Å². The zero-order chi connectivity index (χ0) is 11.9. The minimum absolute atomic E-state index is 0.129. The molecule has 1 aliphatic rings. The highest BCUT2D eigenvalue weighted by atomic mass is 16.6. The molecule has 0 amide bonds. The van der Waals surface area contributed by atoms with Gasteiger partial charge in [0.2, 0.25) is 0 Å². The second kappa shape index (κ2) is 6.86. The van der Waals surface area contributed by atoms with Crippen molar-refractivity contribution in [3.05, 3.63) is 0 Å². The normalized spacial score (nSPS) is 19.1. The van der Waals surface area contributed by atoms with Gasteiger partial charge in [0, 0.05) is 6.92 Å². The summed E-state index contributed by atoms with van der Waals surface area (Å²) >= 11 is 0. The topological polar surface area (TPSA) is 26.3 Å². The molecule has 1 saturated carbocycles. The Morgan fingerprint density at radius 2 is 1.60 bits per heavy atom. The van der Waals surface area contributed by atoms with Gasteiger partial charge in [-0.3, -0.25) is 4.79 Å². The molecule has 15 heavy (non-hydrogen) atoms. The molecular weight excluding hydrogens is 188 g/mol. The van der Waals surface area contributed by atoms with Crippen LogP contribution in [-0.2, 0) is 9.53 Å². The van der Waals surface area contributed by atoms with Gasteiger partial charge in [-0.15, -0.1) is 0 Å². The van der Waals surface area contributed by atoms with E-state index in [1.807, 2.05) is 13.8 Å². The van der Waals surface area contributed by atoms with Crippen LogP contribution in [0.4, 0.5) is 0 Å². The van der Waals surface area contributed by atoms with Crippen LogP contribution in [0, 0.1) is 5.92 Å². The first kappa shape index (κ1) is 14.5. The van der Waals surface area contributed by atoms with E-state index in [-0.39, 0.29) is 11.6 Å². The van der Waals surface area contributed by atoms with E-state index in [4.69, 9.17) is 4.74 Å². The molecule has 0 saturated heterocycles. The lowest BCUT2D eigenvalue weighted by atomic mass is 9.77. The number of rotatable bonds is 2. The molecule has 0 aromatic heterocycles. The summed E-state index contributed by atoms with van der Waals surface area (Å²) in [6.45, 7) is 9.81. The molecule has 0 N–H and O–H groups in total. The van der Waals surface area contributed by atoms with Gasteiger partial charge in [-0.2, -0.15) is 0 Å². The zero-order valence-corrected chi connectivity index (χ0v) is 10.9. The third-order valence-electron chi connectivity index (χ3n) is 3.10. The van der Waals surface area contributed by atoms with E-state index in [0.29, 0.717) is 5.92 Å². The minimum Gasteiger partial charge on any atom is -0.459 e. The van der Waals surface area contributed by atoms with Gasteiger partial charge < -0.3 is 4.74 Å². The van der Waals surface area contributed by atoms with Gasteiger partial charge in [0.05, 0.1) is 0 Å². The highest BCUT2D eigenvalue weighted by Crippen LogP contribution is 2.37. The Kier molecular flexibility index (Phi) is 6.62. The molecule has 0 unspecified atom stereocenters. The van der Waals surface area contributed by atoms with Crippen LogP contribution in [0.5, 0.6) is 0 Å². The zero-order valence-electron chi connectivity index (χ0n) is 10.9. The Morgan fingerprint density at radius 1 is 1.13 bits per heavy atom. The van der Waals surface area contributed by atoms with Crippen LogP contribution in [0.1, 0.15) is 66.7 Å². The maximum absolute atomic E-state index is 11.0. The second-order valence-electron chi connectivity index (χ2n) is 4.37. The van der Waals surface area contributed by atoms with E-state index < -0.39 is 0 Å². The average Bonchev–Trinajstić information content (AvgIpc) is 2.21. The smallest absolute Gasteiger partial charge is 0.303 e. The molecule has 1 fully saturated rings. The average molecular weight is 214 g/mol. The van der Waals surface area contributed by atoms with Gasteiger partial charge in [-0.1, -0.05) is 34.1 Å². The van der Waals surface area contributed by atoms with E-state index >= 15 is 0 Å². The Labute approximate surface area is 94.4 Å². The summed E-state index contributed by atoms with van der Waals surface area (Å²) in [6, 6.07) is 0. The molecule has 0 aromatic carbocycles. The number of esters is 1. The molecule has 90 valence electrons. The van der Waals surface area contributed by atoms with Crippen molar-refractivity contribution in [2.75, 3.05) is 0 Å². The van der Waals surface area contributed by atoms with Gasteiger partial charge in [-0.05, 0) is 31.6 Å². The first-order chi connectivity index (χ1) is 7.07. The highest BCUT2D eigenvalue weighted by molar-refractivity contribution is 5.66. The standard InChI is InChI=1S/C11H20O2.C2H6/c1-9(2)11(13-10(3)12)7-5-4-6-8-11;1-2/h9H,4-8H2,1-3H3;1-2H3. The number of carbonyl (C=O) groups is 1. The van der Waals surface area contributed by atoms with Crippen LogP contribution < -0.4 is 0 Å². The third-order valence-corrected chi connectivity index (χ3v) is 3.10. The molecule has 0 heterocycles. The lowest BCUT2D eigenvalue weighted by Crippen LogP contribution is -2.41. The SMILES string of the molecule is CC.CC(=O)OC1(C(C)C)CCCCC1. The van der Waals surface area contributed by atoms with E-state index in [0.717, 1.165) is 12.8 Å². The summed E-state index contributed by atoms with van der Waals surface area (Å²) in [6.07, 6.45) is 5.78. The maximum Gasteiger partial charge on any atom is 0.303 e. The first-order valence-corrected chi connectivity index (χ1v) is 6.26. The molecule has 0 aromatic rings. The summed E-state index contributed by atoms with van der Waals surface area (Å²) in [5.74, 6) is 0.312. The molecule has 2 heteroatoms. The Hall–Kier alpha value is -0.530. The quantitative estimate of drug-likeness (QED) is 0.651. The van der Waals surface area contributed by atoms with Crippen LogP contribution in [0.15, 0.2) is 0 Å². The Balaban J connectivity index is 0.000000921. The molecule has 1 rings (SSSR count). The van der Waals surface area contributed by atoms with Gasteiger partial charge in [0.1, 0.15) is 5.60 Å². The lowest BCUT2D eigenvalue weighted by molar-refractivity contribution is -0.166. The predicted octanol–water partition coefficient (Wildman–Crippen LogP) is 3.93. The molecular formula is C13H26O2. The van der Waals surface area contributed by atoms with E-state index in [9.17, 15) is 4.79 Å². The fourth-order valence-corrected chi connectivity index (χ4v) is 2.23. The first-order valence-electron chi connectivity index (χ1n) is 6.26. The van der Waals surface area contributed by atoms with E-state index in [2.05, 4.69) is 13.8 Å². The Bertz CT molecular complexity index is 179. The highest BCUT2D eigenvalue weighted by Gasteiger charge is 2.37. The molecule has 2 nitrogen and oxygen atoms in total. The molecule has 0 radical (unpaired) electrons. The Morgan fingerprint density at radius 3 is 1.93 bits per heavy atom. The van der Waals surface area contributed by atoms with Gasteiger partial charge >= 0.3 is 5.97 Å². The third kappa shape index (κ3) is 4.23. The maximum atomic E-state index is 11.0. The molecule has 0 spiro atoms. The van der Waals surface area contributed by atoms with Crippen molar-refractivity contribution in [3.8, 4) is 0 Å². The fraction of sp³-hybridized carbons (Fsp3) is 0.923. The van der Waals surface area contributed by atoms with E-state index in [1.165, 1.54) is 26.2 Å². The summed E-state index contributed by atoms with van der Waals surface area (Å²) in [5, 5.41) is 0.